The summed E-state index contributed by atoms with van der Waals surface area (Å²) in [5.74, 6) is -3.73. The van der Waals surface area contributed by atoms with E-state index < -0.39 is 27.2 Å². The highest BCUT2D eigenvalue weighted by molar-refractivity contribution is 7.90. The van der Waals surface area contributed by atoms with E-state index >= 15 is 0 Å². The molecule has 1 amide bonds. The van der Waals surface area contributed by atoms with Crippen molar-refractivity contribution in [3.63, 3.8) is 0 Å². The smallest absolute Gasteiger partial charge is 0.248 e. The Morgan fingerprint density at radius 3 is 2.34 bits per heavy atom. The molecule has 1 aromatic heterocycles. The van der Waals surface area contributed by atoms with E-state index in [4.69, 9.17) is 5.26 Å². The molecule has 0 bridgehead atoms. The van der Waals surface area contributed by atoms with Crippen LogP contribution in [0.25, 0.3) is 11.1 Å². The molecule has 4 rings (SSSR count). The van der Waals surface area contributed by atoms with Crippen LogP contribution in [0, 0.1) is 17.2 Å². The maximum Gasteiger partial charge on any atom is 0.248 e. The number of hydrogen-bond donors (Lipinski definition) is 1. The van der Waals surface area contributed by atoms with E-state index in [-0.39, 0.29) is 18.7 Å². The molecule has 2 saturated carbocycles. The summed E-state index contributed by atoms with van der Waals surface area (Å²) < 4.78 is 50.4. The minimum Gasteiger partial charge on any atom is -0.338 e. The van der Waals surface area contributed by atoms with Gasteiger partial charge in [0.15, 0.2) is 9.84 Å². The number of nitriles is 1. The minimum atomic E-state index is -3.12. The normalized spacial score (nSPS) is 20.9. The molecule has 0 saturated heterocycles. The largest absolute Gasteiger partial charge is 0.338 e. The summed E-state index contributed by atoms with van der Waals surface area (Å²) in [4.78, 5) is 12.0. The molecule has 1 N–H and O–H groups in total. The van der Waals surface area contributed by atoms with Crippen LogP contribution in [0.15, 0.2) is 41.6 Å². The Morgan fingerprint density at radius 2 is 1.88 bits per heavy atom. The number of rotatable bonds is 4. The summed E-state index contributed by atoms with van der Waals surface area (Å²) in [6.07, 6.45) is 6.49. The molecule has 2 aliphatic rings. The lowest BCUT2D eigenvalue weighted by molar-refractivity contribution is -0.132. The van der Waals surface area contributed by atoms with E-state index in [9.17, 15) is 22.0 Å². The number of alkyl halides is 2. The minimum absolute atomic E-state index is 0.125. The zero-order valence-electron chi connectivity index (χ0n) is 18.0. The Kier molecular flexibility index (Phi) is 6.69. The molecule has 1 atom stereocenters. The zero-order valence-corrected chi connectivity index (χ0v) is 18.8. The quantitative estimate of drug-likeness (QED) is 0.746. The average Bonchev–Trinajstić information content (AvgIpc) is 3.37. The van der Waals surface area contributed by atoms with Crippen molar-refractivity contribution < 1.29 is 22.0 Å². The highest BCUT2D eigenvalue weighted by Crippen LogP contribution is 2.39. The van der Waals surface area contributed by atoms with Crippen LogP contribution < -0.4 is 5.32 Å². The summed E-state index contributed by atoms with van der Waals surface area (Å²) >= 11 is 0. The molecular weight excluding hydrogens is 438 g/mol. The van der Waals surface area contributed by atoms with Gasteiger partial charge in [0, 0.05) is 43.8 Å². The van der Waals surface area contributed by atoms with Gasteiger partial charge < -0.3 is 5.32 Å². The average molecular weight is 465 g/mol. The highest BCUT2D eigenvalue weighted by atomic mass is 32.2. The van der Waals surface area contributed by atoms with Gasteiger partial charge in [0.25, 0.3) is 0 Å². The van der Waals surface area contributed by atoms with E-state index in [2.05, 4.69) is 10.4 Å². The van der Waals surface area contributed by atoms with E-state index in [1.165, 1.54) is 6.26 Å². The van der Waals surface area contributed by atoms with Crippen molar-refractivity contribution in [2.75, 3.05) is 6.26 Å². The first-order valence-electron chi connectivity index (χ1n) is 10.3. The first-order chi connectivity index (χ1) is 14.9. The molecule has 0 unspecified atom stereocenters. The Labute approximate surface area is 186 Å². The molecule has 7 nitrogen and oxygen atoms in total. The van der Waals surface area contributed by atoms with Gasteiger partial charge >= 0.3 is 0 Å². The second-order valence-electron chi connectivity index (χ2n) is 8.53. The van der Waals surface area contributed by atoms with Crippen molar-refractivity contribution in [3.05, 3.63) is 36.7 Å². The first-order valence-corrected chi connectivity index (χ1v) is 12.2. The lowest BCUT2D eigenvalue weighted by Crippen LogP contribution is -2.43. The summed E-state index contributed by atoms with van der Waals surface area (Å²) in [6.45, 7) is 0. The Hall–Kier alpha value is -2.80. The number of carbonyl (C=O) groups is 1. The molecule has 172 valence electrons. The van der Waals surface area contributed by atoms with Gasteiger partial charge in [-0.2, -0.15) is 10.4 Å². The van der Waals surface area contributed by atoms with Crippen molar-refractivity contribution in [1.82, 2.24) is 15.1 Å². The third-order valence-electron chi connectivity index (χ3n) is 5.66. The van der Waals surface area contributed by atoms with Crippen molar-refractivity contribution in [1.29, 1.82) is 5.26 Å². The van der Waals surface area contributed by atoms with E-state index in [1.54, 1.807) is 35.1 Å². The molecule has 32 heavy (non-hydrogen) atoms. The van der Waals surface area contributed by atoms with Gasteiger partial charge in [0.1, 0.15) is 5.54 Å². The van der Waals surface area contributed by atoms with Gasteiger partial charge in [-0.25, -0.2) is 17.2 Å². The van der Waals surface area contributed by atoms with Crippen LogP contribution in [0.1, 0.15) is 38.5 Å². The fourth-order valence-corrected chi connectivity index (χ4v) is 4.22. The maximum absolute atomic E-state index is 13.1. The third kappa shape index (κ3) is 6.13. The molecule has 1 heterocycles. The summed E-state index contributed by atoms with van der Waals surface area (Å²) in [7, 11) is -1.28. The standard InChI is InChI=1S/C11H14F2N2O.C11H12N2O2S/c12-11(13)3-1-2-8(6-11)9(16)15-10(7-14)4-5-10;1-13-8-10(7-12-13)9-3-5-11(6-4-9)16(2,14)15/h8H,1-6H2,(H,15,16);3-8H,1-2H3/t8-;/m0./s1. The van der Waals surface area contributed by atoms with Crippen LogP contribution in [-0.2, 0) is 21.7 Å². The molecule has 2 fully saturated rings. The molecule has 10 heteroatoms. The number of nitrogens with one attached hydrogen (secondary N) is 1. The van der Waals surface area contributed by atoms with E-state index in [0.717, 1.165) is 11.1 Å². The second kappa shape index (κ2) is 8.98. The zero-order chi connectivity index (χ0) is 23.6. The van der Waals surface area contributed by atoms with Crippen LogP contribution in [-0.4, -0.2) is 41.8 Å². The summed E-state index contributed by atoms with van der Waals surface area (Å²) in [5, 5.41) is 15.4. The van der Waals surface area contributed by atoms with Gasteiger partial charge in [-0.05, 0) is 43.4 Å². The molecular formula is C22H26F2N4O3S. The molecule has 2 aliphatic carbocycles. The number of sulfone groups is 1. The lowest BCUT2D eigenvalue weighted by Gasteiger charge is -2.28. The maximum atomic E-state index is 13.1. The number of aryl methyl sites for hydroxylation is 1. The van der Waals surface area contributed by atoms with Gasteiger partial charge in [0.2, 0.25) is 11.8 Å². The Balaban J connectivity index is 0.000000181. The van der Waals surface area contributed by atoms with Gasteiger partial charge in [-0.15, -0.1) is 0 Å². The van der Waals surface area contributed by atoms with E-state index in [1.807, 2.05) is 19.3 Å². The number of aromatic nitrogens is 2. The molecule has 0 spiro atoms. The van der Waals surface area contributed by atoms with Gasteiger partial charge in [0.05, 0.1) is 17.2 Å². The lowest BCUT2D eigenvalue weighted by atomic mass is 9.86. The molecule has 0 radical (unpaired) electrons. The van der Waals surface area contributed by atoms with Crippen molar-refractivity contribution in [2.45, 2.75) is 54.9 Å². The third-order valence-corrected chi connectivity index (χ3v) is 6.79. The number of nitrogens with zero attached hydrogens (tertiary/aromatic N) is 3. The predicted octanol–water partition coefficient (Wildman–Crippen LogP) is 3.47. The number of benzene rings is 1. The molecule has 2 aromatic rings. The topological polar surface area (TPSA) is 105 Å². The van der Waals surface area contributed by atoms with Crippen LogP contribution in [0.5, 0.6) is 0 Å². The Morgan fingerprint density at radius 1 is 1.22 bits per heavy atom. The summed E-state index contributed by atoms with van der Waals surface area (Å²) in [6, 6.07) is 8.81. The first kappa shape index (κ1) is 23.9. The van der Waals surface area contributed by atoms with Crippen LogP contribution in [0.2, 0.25) is 0 Å². The van der Waals surface area contributed by atoms with Crippen LogP contribution >= 0.6 is 0 Å². The number of amides is 1. The van der Waals surface area contributed by atoms with Crippen LogP contribution in [0.3, 0.4) is 0 Å². The predicted molar refractivity (Wildman–Crippen MR) is 114 cm³/mol. The van der Waals surface area contributed by atoms with E-state index in [0.29, 0.717) is 30.6 Å². The SMILES string of the molecule is Cn1cc(-c2ccc(S(C)(=O)=O)cc2)cn1.N#CC1(NC(=O)[C@H]2CCCC(F)(F)C2)CC1. The van der Waals surface area contributed by atoms with Crippen molar-refractivity contribution in [2.24, 2.45) is 13.0 Å². The molecule has 0 aliphatic heterocycles. The van der Waals surface area contributed by atoms with Crippen molar-refractivity contribution in [3.8, 4) is 17.2 Å². The summed E-state index contributed by atoms with van der Waals surface area (Å²) in [5.41, 5.74) is 1.19. The van der Waals surface area contributed by atoms with Crippen molar-refractivity contribution >= 4 is 15.7 Å². The second-order valence-corrected chi connectivity index (χ2v) is 10.5. The number of halogens is 2. The van der Waals surface area contributed by atoms with Gasteiger partial charge in [-0.1, -0.05) is 12.1 Å². The van der Waals surface area contributed by atoms with Gasteiger partial charge in [-0.3, -0.25) is 9.48 Å². The monoisotopic (exact) mass is 464 g/mol. The fourth-order valence-electron chi connectivity index (χ4n) is 3.59. The number of carbonyl (C=O) groups excluding carboxylic acids is 1. The number of hydrogen-bond acceptors (Lipinski definition) is 5. The van der Waals surface area contributed by atoms with Crippen LogP contribution in [0.4, 0.5) is 8.78 Å². The molecule has 1 aromatic carbocycles. The fraction of sp³-hybridized carbons (Fsp3) is 0.500. The highest BCUT2D eigenvalue weighted by Gasteiger charge is 2.47. The Bertz CT molecular complexity index is 1120.